The third-order valence-corrected chi connectivity index (χ3v) is 6.74. The topological polar surface area (TPSA) is 80.8 Å². The van der Waals surface area contributed by atoms with E-state index in [2.05, 4.69) is 0 Å². The summed E-state index contributed by atoms with van der Waals surface area (Å²) in [6.45, 7) is 1.63. The molecule has 0 N–H and O–H groups in total. The van der Waals surface area contributed by atoms with Crippen LogP contribution in [-0.2, 0) is 26.0 Å². The molecule has 0 amide bonds. The first-order chi connectivity index (χ1) is 12.9. The highest BCUT2D eigenvalue weighted by Gasteiger charge is 2.28. The fourth-order valence-corrected chi connectivity index (χ4v) is 4.58. The highest BCUT2D eigenvalue weighted by Crippen LogP contribution is 2.31. The number of ether oxygens (including phenoxy) is 1. The molecule has 0 saturated heterocycles. The summed E-state index contributed by atoms with van der Waals surface area (Å²) < 4.78 is 30.6. The Bertz CT molecular complexity index is 978. The highest BCUT2D eigenvalue weighted by atomic mass is 32.2. The van der Waals surface area contributed by atoms with Gasteiger partial charge in [-0.1, -0.05) is 0 Å². The lowest BCUT2D eigenvalue weighted by Gasteiger charge is -2.18. The number of esters is 1. The van der Waals surface area contributed by atoms with E-state index in [1.807, 2.05) is 16.8 Å². The number of nitrogens with zero attached hydrogens (tertiary/aromatic N) is 1. The van der Waals surface area contributed by atoms with Gasteiger partial charge in [-0.3, -0.25) is 9.10 Å². The minimum absolute atomic E-state index is 0.0297. The number of benzene rings is 1. The molecule has 1 aliphatic heterocycles. The van der Waals surface area contributed by atoms with Crippen LogP contribution in [0.2, 0.25) is 0 Å². The van der Waals surface area contributed by atoms with Crippen molar-refractivity contribution in [1.82, 2.24) is 0 Å². The van der Waals surface area contributed by atoms with Gasteiger partial charge in [0.05, 0.1) is 11.4 Å². The van der Waals surface area contributed by atoms with Gasteiger partial charge in [-0.25, -0.2) is 13.2 Å². The Morgan fingerprint density at radius 2 is 2.11 bits per heavy atom. The van der Waals surface area contributed by atoms with E-state index < -0.39 is 16.0 Å². The van der Waals surface area contributed by atoms with Crippen molar-refractivity contribution < 1.29 is 22.7 Å². The maximum absolute atomic E-state index is 12.3. The van der Waals surface area contributed by atoms with E-state index in [0.717, 1.165) is 11.1 Å². The van der Waals surface area contributed by atoms with Crippen LogP contribution in [0.15, 0.2) is 41.1 Å². The van der Waals surface area contributed by atoms with Crippen LogP contribution in [-0.4, -0.2) is 39.1 Å². The number of carbonyl (C=O) groups excluding carboxylic acids is 2. The highest BCUT2D eigenvalue weighted by molar-refractivity contribution is 7.92. The van der Waals surface area contributed by atoms with Gasteiger partial charge in [0.2, 0.25) is 10.0 Å². The molecule has 142 valence electrons. The maximum atomic E-state index is 12.3. The SMILES string of the molecule is CCS(=O)(=O)N1CCc2cc(C(=O)COC(=O)/C=C/c3ccsc3)ccc21. The fourth-order valence-electron chi connectivity index (χ4n) is 2.79. The molecule has 0 atom stereocenters. The number of fused-ring (bicyclic) bond motifs is 1. The Labute approximate surface area is 162 Å². The van der Waals surface area contributed by atoms with Crippen molar-refractivity contribution in [2.45, 2.75) is 13.3 Å². The summed E-state index contributed by atoms with van der Waals surface area (Å²) in [6, 6.07) is 6.75. The van der Waals surface area contributed by atoms with Crippen molar-refractivity contribution in [3.05, 3.63) is 57.8 Å². The molecule has 0 fully saturated rings. The zero-order chi connectivity index (χ0) is 19.4. The van der Waals surface area contributed by atoms with Gasteiger partial charge in [0.15, 0.2) is 12.4 Å². The average Bonchev–Trinajstić information content (AvgIpc) is 3.33. The summed E-state index contributed by atoms with van der Waals surface area (Å²) in [5, 5.41) is 3.79. The normalized spacial score (nSPS) is 13.7. The van der Waals surface area contributed by atoms with Crippen LogP contribution >= 0.6 is 11.3 Å². The molecule has 0 saturated carbocycles. The van der Waals surface area contributed by atoms with Crippen molar-refractivity contribution in [2.75, 3.05) is 23.2 Å². The monoisotopic (exact) mass is 405 g/mol. The molecule has 0 unspecified atom stereocenters. The molecular formula is C19H19NO5S2. The molecule has 0 aliphatic carbocycles. The molecule has 6 nitrogen and oxygen atoms in total. The van der Waals surface area contributed by atoms with Gasteiger partial charge >= 0.3 is 5.97 Å². The quantitative estimate of drug-likeness (QED) is 0.402. The average molecular weight is 405 g/mol. The summed E-state index contributed by atoms with van der Waals surface area (Å²) in [6.07, 6.45) is 3.46. The maximum Gasteiger partial charge on any atom is 0.331 e. The first kappa shape index (κ1) is 19.3. The first-order valence-electron chi connectivity index (χ1n) is 8.44. The van der Waals surface area contributed by atoms with Gasteiger partial charge in [-0.15, -0.1) is 0 Å². The number of hydrogen-bond acceptors (Lipinski definition) is 6. The first-order valence-corrected chi connectivity index (χ1v) is 11.0. The second-order valence-electron chi connectivity index (χ2n) is 5.99. The molecule has 2 aromatic rings. The smallest absolute Gasteiger partial charge is 0.331 e. The van der Waals surface area contributed by atoms with Crippen LogP contribution in [0.5, 0.6) is 0 Å². The standard InChI is InChI=1S/C19H19NO5S2/c1-2-27(23,24)20-9-7-15-11-16(4-5-17(15)20)18(21)12-25-19(22)6-3-14-8-10-26-13-14/h3-6,8,10-11,13H,2,7,9,12H2,1H3/b6-3+. The summed E-state index contributed by atoms with van der Waals surface area (Å²) in [5.74, 6) is -0.884. The third-order valence-electron chi connectivity index (χ3n) is 4.26. The molecule has 1 aliphatic rings. The number of rotatable bonds is 7. The lowest BCUT2D eigenvalue weighted by Crippen LogP contribution is -2.30. The molecule has 3 rings (SSSR count). The number of anilines is 1. The molecule has 8 heteroatoms. The molecule has 0 bridgehead atoms. The van der Waals surface area contributed by atoms with Crippen molar-refractivity contribution in [3.8, 4) is 0 Å². The zero-order valence-electron chi connectivity index (χ0n) is 14.8. The number of sulfonamides is 1. The largest absolute Gasteiger partial charge is 0.454 e. The number of carbonyl (C=O) groups is 2. The Morgan fingerprint density at radius 1 is 1.30 bits per heavy atom. The minimum Gasteiger partial charge on any atom is -0.454 e. The van der Waals surface area contributed by atoms with Crippen molar-refractivity contribution in [2.24, 2.45) is 0 Å². The van der Waals surface area contributed by atoms with Crippen LogP contribution in [0.4, 0.5) is 5.69 Å². The molecule has 1 aromatic heterocycles. The van der Waals surface area contributed by atoms with E-state index in [0.29, 0.717) is 24.2 Å². The lowest BCUT2D eigenvalue weighted by molar-refractivity contribution is -0.136. The molecule has 2 heterocycles. The van der Waals surface area contributed by atoms with Crippen LogP contribution in [0, 0.1) is 0 Å². The van der Waals surface area contributed by atoms with Crippen LogP contribution in [0.25, 0.3) is 6.08 Å². The summed E-state index contributed by atoms with van der Waals surface area (Å²) in [4.78, 5) is 24.0. The molecular weight excluding hydrogens is 386 g/mol. The van der Waals surface area contributed by atoms with E-state index in [4.69, 9.17) is 4.74 Å². The zero-order valence-corrected chi connectivity index (χ0v) is 16.4. The van der Waals surface area contributed by atoms with Gasteiger partial charge in [-0.05, 0) is 65.6 Å². The molecule has 1 aromatic carbocycles. The predicted octanol–water partition coefficient (Wildman–Crippen LogP) is 2.90. The Morgan fingerprint density at radius 3 is 2.81 bits per heavy atom. The number of Topliss-reactive ketones (excluding diaryl/α,β-unsaturated/α-hetero) is 1. The molecule has 0 spiro atoms. The minimum atomic E-state index is -3.32. The fraction of sp³-hybridized carbons (Fsp3) is 0.263. The second kappa shape index (κ2) is 8.06. The van der Waals surface area contributed by atoms with Crippen LogP contribution < -0.4 is 4.31 Å². The Hall–Kier alpha value is -2.45. The summed E-state index contributed by atoms with van der Waals surface area (Å²) >= 11 is 1.52. The van der Waals surface area contributed by atoms with Gasteiger partial charge in [-0.2, -0.15) is 11.3 Å². The van der Waals surface area contributed by atoms with E-state index in [1.165, 1.54) is 21.7 Å². The summed E-state index contributed by atoms with van der Waals surface area (Å²) in [7, 11) is -3.32. The van der Waals surface area contributed by atoms with Crippen molar-refractivity contribution >= 4 is 44.9 Å². The Balaban J connectivity index is 1.62. The molecule has 0 radical (unpaired) electrons. The van der Waals surface area contributed by atoms with Gasteiger partial charge < -0.3 is 4.74 Å². The van der Waals surface area contributed by atoms with E-state index in [1.54, 1.807) is 31.2 Å². The van der Waals surface area contributed by atoms with Gasteiger partial charge in [0, 0.05) is 18.2 Å². The summed E-state index contributed by atoms with van der Waals surface area (Å²) in [5.41, 5.74) is 2.72. The van der Waals surface area contributed by atoms with Crippen molar-refractivity contribution in [3.63, 3.8) is 0 Å². The van der Waals surface area contributed by atoms with E-state index in [9.17, 15) is 18.0 Å². The van der Waals surface area contributed by atoms with Crippen LogP contribution in [0.1, 0.15) is 28.4 Å². The predicted molar refractivity (Wildman–Crippen MR) is 106 cm³/mol. The Kier molecular flexibility index (Phi) is 5.76. The number of thiophene rings is 1. The van der Waals surface area contributed by atoms with E-state index in [-0.39, 0.29) is 18.1 Å². The second-order valence-corrected chi connectivity index (χ2v) is 8.95. The van der Waals surface area contributed by atoms with Crippen LogP contribution in [0.3, 0.4) is 0 Å². The van der Waals surface area contributed by atoms with Gasteiger partial charge in [0.25, 0.3) is 0 Å². The molecule has 27 heavy (non-hydrogen) atoms. The number of hydrogen-bond donors (Lipinski definition) is 0. The van der Waals surface area contributed by atoms with E-state index >= 15 is 0 Å². The van der Waals surface area contributed by atoms with Crippen molar-refractivity contribution in [1.29, 1.82) is 0 Å². The lowest BCUT2D eigenvalue weighted by atomic mass is 10.1. The number of ketones is 1. The van der Waals surface area contributed by atoms with Gasteiger partial charge in [0.1, 0.15) is 0 Å². The third kappa shape index (κ3) is 4.45.